The second kappa shape index (κ2) is 7.31. The number of halogens is 2. The van der Waals surface area contributed by atoms with Gasteiger partial charge in [-0.3, -0.25) is 4.79 Å². The average Bonchev–Trinajstić information content (AvgIpc) is 2.40. The maximum Gasteiger partial charge on any atom is 0.321 e. The van der Waals surface area contributed by atoms with E-state index < -0.39 is 22.0 Å². The number of carbonyl (C=O) groups is 1. The molecule has 9 heteroatoms. The Morgan fingerprint density at radius 2 is 2.00 bits per heavy atom. The molecule has 0 aliphatic heterocycles. The molecule has 21 heavy (non-hydrogen) atoms. The van der Waals surface area contributed by atoms with Gasteiger partial charge in [-0.1, -0.05) is 36.5 Å². The van der Waals surface area contributed by atoms with Gasteiger partial charge in [0.15, 0.2) is 0 Å². The van der Waals surface area contributed by atoms with Crippen molar-refractivity contribution >= 4 is 39.2 Å². The van der Waals surface area contributed by atoms with Gasteiger partial charge in [0.05, 0.1) is 12.1 Å². The summed E-state index contributed by atoms with van der Waals surface area (Å²) in [6, 6.07) is 1.33. The Morgan fingerprint density at radius 1 is 1.38 bits per heavy atom. The minimum absolute atomic E-state index is 0.0515. The monoisotopic (exact) mass is 355 g/mol. The molecule has 1 atom stereocenters. The molecule has 1 rings (SSSR count). The lowest BCUT2D eigenvalue weighted by Gasteiger charge is -2.15. The molecular weight excluding hydrogens is 341 g/mol. The highest BCUT2D eigenvalue weighted by Crippen LogP contribution is 2.36. The maximum absolute atomic E-state index is 12.2. The van der Waals surface area contributed by atoms with Crippen LogP contribution in [-0.4, -0.2) is 32.6 Å². The van der Waals surface area contributed by atoms with Crippen molar-refractivity contribution in [3.63, 3.8) is 0 Å². The molecule has 1 unspecified atom stereocenters. The van der Waals surface area contributed by atoms with Crippen LogP contribution in [0.2, 0.25) is 10.0 Å². The number of carboxylic acid groups (broad SMARTS) is 1. The van der Waals surface area contributed by atoms with Gasteiger partial charge in [-0.15, -0.1) is 0 Å². The number of benzene rings is 1. The molecule has 0 radical (unpaired) electrons. The van der Waals surface area contributed by atoms with Crippen molar-refractivity contribution in [2.24, 2.45) is 0 Å². The molecule has 0 saturated heterocycles. The van der Waals surface area contributed by atoms with E-state index in [1.165, 1.54) is 19.2 Å². The summed E-state index contributed by atoms with van der Waals surface area (Å²) in [6.07, 6.45) is 0.673. The lowest BCUT2D eigenvalue weighted by Crippen LogP contribution is -2.40. The topological polar surface area (TPSA) is 92.7 Å². The van der Waals surface area contributed by atoms with Crippen LogP contribution in [0.25, 0.3) is 0 Å². The van der Waals surface area contributed by atoms with E-state index in [1.807, 2.05) is 0 Å². The van der Waals surface area contributed by atoms with Crippen molar-refractivity contribution in [2.45, 2.75) is 30.7 Å². The fourth-order valence-corrected chi connectivity index (χ4v) is 3.72. The highest BCUT2D eigenvalue weighted by atomic mass is 35.5. The Balaban J connectivity index is 3.19. The Hall–Kier alpha value is -1.02. The van der Waals surface area contributed by atoms with Gasteiger partial charge in [0.25, 0.3) is 0 Å². The fourth-order valence-electron chi connectivity index (χ4n) is 1.65. The third-order valence-electron chi connectivity index (χ3n) is 2.69. The van der Waals surface area contributed by atoms with Gasteiger partial charge in [-0.25, -0.2) is 8.42 Å². The maximum atomic E-state index is 12.2. The molecular formula is C12H15Cl2NO5S. The smallest absolute Gasteiger partial charge is 0.321 e. The molecule has 2 N–H and O–H groups in total. The molecule has 0 aliphatic rings. The number of aliphatic carboxylic acids is 1. The molecule has 0 heterocycles. The lowest BCUT2D eigenvalue weighted by atomic mass is 10.2. The second-order valence-electron chi connectivity index (χ2n) is 4.19. The van der Waals surface area contributed by atoms with Gasteiger partial charge in [0, 0.05) is 0 Å². The SMILES string of the molecule is CCCC(NS(=O)(=O)c1ccc(OC)c(Cl)c1Cl)C(=O)O. The van der Waals surface area contributed by atoms with Crippen LogP contribution in [0.1, 0.15) is 19.8 Å². The molecule has 0 spiro atoms. The Morgan fingerprint density at radius 3 is 2.48 bits per heavy atom. The van der Waals surface area contributed by atoms with Crippen LogP contribution < -0.4 is 9.46 Å². The normalized spacial score (nSPS) is 13.0. The number of carboxylic acids is 1. The number of hydrogen-bond donors (Lipinski definition) is 2. The van der Waals surface area contributed by atoms with Gasteiger partial charge >= 0.3 is 5.97 Å². The van der Waals surface area contributed by atoms with E-state index in [4.69, 9.17) is 33.0 Å². The summed E-state index contributed by atoms with van der Waals surface area (Å²) >= 11 is 11.8. The van der Waals surface area contributed by atoms with E-state index in [9.17, 15) is 13.2 Å². The Labute approximate surface area is 133 Å². The number of methoxy groups -OCH3 is 1. The van der Waals surface area contributed by atoms with Crippen molar-refractivity contribution in [1.29, 1.82) is 0 Å². The third kappa shape index (κ3) is 4.23. The highest BCUT2D eigenvalue weighted by Gasteiger charge is 2.27. The highest BCUT2D eigenvalue weighted by molar-refractivity contribution is 7.89. The quantitative estimate of drug-likeness (QED) is 0.783. The predicted molar refractivity (Wildman–Crippen MR) is 79.7 cm³/mol. The first kappa shape index (κ1) is 18.0. The van der Waals surface area contributed by atoms with Gasteiger partial charge in [0.2, 0.25) is 10.0 Å². The first-order valence-electron chi connectivity index (χ1n) is 6.01. The molecule has 1 aromatic rings. The minimum atomic E-state index is -4.11. The molecule has 0 fully saturated rings. The Bertz CT molecular complexity index is 633. The van der Waals surface area contributed by atoms with Crippen molar-refractivity contribution in [3.05, 3.63) is 22.2 Å². The first-order valence-corrected chi connectivity index (χ1v) is 8.25. The summed E-state index contributed by atoms with van der Waals surface area (Å²) in [6.45, 7) is 1.75. The zero-order valence-corrected chi connectivity index (χ0v) is 13.7. The molecule has 6 nitrogen and oxygen atoms in total. The van der Waals surface area contributed by atoms with E-state index in [0.29, 0.717) is 6.42 Å². The van der Waals surface area contributed by atoms with Crippen LogP contribution in [0, 0.1) is 0 Å². The minimum Gasteiger partial charge on any atom is -0.495 e. The zero-order valence-electron chi connectivity index (χ0n) is 11.4. The number of rotatable bonds is 7. The summed E-state index contributed by atoms with van der Waals surface area (Å²) in [5.41, 5.74) is 0. The number of sulfonamides is 1. The van der Waals surface area contributed by atoms with Crippen molar-refractivity contribution < 1.29 is 23.1 Å². The number of hydrogen-bond acceptors (Lipinski definition) is 4. The summed E-state index contributed by atoms with van der Waals surface area (Å²) < 4.78 is 31.5. The third-order valence-corrected chi connectivity index (χ3v) is 5.18. The molecule has 0 amide bonds. The number of nitrogens with one attached hydrogen (secondary N) is 1. The predicted octanol–water partition coefficient (Wildman–Crippen LogP) is 2.53. The van der Waals surface area contributed by atoms with E-state index in [-0.39, 0.29) is 27.1 Å². The lowest BCUT2D eigenvalue weighted by molar-refractivity contribution is -0.139. The van der Waals surface area contributed by atoms with Gasteiger partial charge in [-0.05, 0) is 18.6 Å². The fraction of sp³-hybridized carbons (Fsp3) is 0.417. The van der Waals surface area contributed by atoms with Gasteiger partial charge < -0.3 is 9.84 Å². The molecule has 0 aliphatic carbocycles. The summed E-state index contributed by atoms with van der Waals surface area (Å²) in [5.74, 6) is -1.03. The standard InChI is InChI=1S/C12H15Cl2NO5S/c1-3-4-7(12(16)17)15-21(18,19)9-6-5-8(20-2)10(13)11(9)14/h5-7,15H,3-4H2,1-2H3,(H,16,17). The van der Waals surface area contributed by atoms with Crippen molar-refractivity contribution in [1.82, 2.24) is 4.72 Å². The Kier molecular flexibility index (Phi) is 6.27. The average molecular weight is 356 g/mol. The van der Waals surface area contributed by atoms with E-state index in [1.54, 1.807) is 6.92 Å². The second-order valence-corrected chi connectivity index (χ2v) is 6.63. The molecule has 0 bridgehead atoms. The first-order chi connectivity index (χ1) is 9.74. The van der Waals surface area contributed by atoms with Crippen LogP contribution in [0.15, 0.2) is 17.0 Å². The molecule has 0 aromatic heterocycles. The van der Waals surface area contributed by atoms with Gasteiger partial charge in [0.1, 0.15) is 21.7 Å². The van der Waals surface area contributed by atoms with E-state index >= 15 is 0 Å². The number of ether oxygens (including phenoxy) is 1. The summed E-state index contributed by atoms with van der Waals surface area (Å²) in [5, 5.41) is 8.74. The largest absolute Gasteiger partial charge is 0.495 e. The van der Waals surface area contributed by atoms with Crippen LogP contribution in [0.3, 0.4) is 0 Å². The molecule has 118 valence electrons. The molecule has 1 aromatic carbocycles. The van der Waals surface area contributed by atoms with E-state index in [0.717, 1.165) is 0 Å². The van der Waals surface area contributed by atoms with Crippen LogP contribution in [0.4, 0.5) is 0 Å². The van der Waals surface area contributed by atoms with E-state index in [2.05, 4.69) is 4.72 Å². The summed E-state index contributed by atoms with van der Waals surface area (Å²) in [7, 11) is -2.74. The van der Waals surface area contributed by atoms with Crippen LogP contribution in [-0.2, 0) is 14.8 Å². The van der Waals surface area contributed by atoms with Crippen LogP contribution >= 0.6 is 23.2 Å². The van der Waals surface area contributed by atoms with Crippen molar-refractivity contribution in [2.75, 3.05) is 7.11 Å². The zero-order chi connectivity index (χ0) is 16.2. The molecule has 0 saturated carbocycles. The van der Waals surface area contributed by atoms with Crippen molar-refractivity contribution in [3.8, 4) is 5.75 Å². The van der Waals surface area contributed by atoms with Gasteiger partial charge in [-0.2, -0.15) is 4.72 Å². The van der Waals surface area contributed by atoms with Crippen LogP contribution in [0.5, 0.6) is 5.75 Å². The summed E-state index contributed by atoms with van der Waals surface area (Å²) in [4.78, 5) is 10.8.